The van der Waals surface area contributed by atoms with E-state index in [0.29, 0.717) is 23.6 Å². The van der Waals surface area contributed by atoms with Crippen LogP contribution in [0.25, 0.3) is 11.1 Å². The molecule has 0 saturated heterocycles. The number of carbonyl (C=O) groups is 1. The predicted molar refractivity (Wildman–Crippen MR) is 121 cm³/mol. The second-order valence-corrected chi connectivity index (χ2v) is 7.51. The van der Waals surface area contributed by atoms with Gasteiger partial charge in [0.15, 0.2) is 0 Å². The monoisotopic (exact) mass is 415 g/mol. The third-order valence-electron chi connectivity index (χ3n) is 4.93. The van der Waals surface area contributed by atoms with E-state index in [1.807, 2.05) is 48.5 Å². The highest BCUT2D eigenvalue weighted by Crippen LogP contribution is 2.24. The fourth-order valence-electron chi connectivity index (χ4n) is 2.95. The van der Waals surface area contributed by atoms with E-state index >= 15 is 0 Å². The fourth-order valence-corrected chi connectivity index (χ4v) is 2.95. The molecule has 31 heavy (non-hydrogen) atoms. The van der Waals surface area contributed by atoms with Crippen LogP contribution in [0.4, 0.5) is 5.69 Å². The highest BCUT2D eigenvalue weighted by atomic mass is 16.5. The number of aliphatic hydroxyl groups is 1. The number of nitrogens with one attached hydrogen (secondary N) is 1. The van der Waals surface area contributed by atoms with Crippen LogP contribution in [0.2, 0.25) is 0 Å². The van der Waals surface area contributed by atoms with Gasteiger partial charge in [0.1, 0.15) is 11.3 Å². The molecule has 6 heteroatoms. The summed E-state index contributed by atoms with van der Waals surface area (Å²) in [6, 6.07) is 24.9. The molecule has 3 rings (SSSR count). The SMILES string of the molecule is C[C@](N)(CO)C(=O)Nc1ccc(OCCc2ccc(-c3ccccc3C#N)cc2)cc1. The van der Waals surface area contributed by atoms with Gasteiger partial charge in [-0.3, -0.25) is 4.79 Å². The molecule has 0 unspecified atom stereocenters. The summed E-state index contributed by atoms with van der Waals surface area (Å²) >= 11 is 0. The second kappa shape index (κ2) is 9.90. The minimum absolute atomic E-state index is 0.439. The topological polar surface area (TPSA) is 108 Å². The summed E-state index contributed by atoms with van der Waals surface area (Å²) in [6.45, 7) is 1.53. The molecule has 0 heterocycles. The molecule has 0 aliphatic carbocycles. The van der Waals surface area contributed by atoms with Gasteiger partial charge in [0.2, 0.25) is 5.91 Å². The van der Waals surface area contributed by atoms with Crippen LogP contribution < -0.4 is 15.8 Å². The van der Waals surface area contributed by atoms with Crippen LogP contribution in [-0.2, 0) is 11.2 Å². The number of ether oxygens (including phenoxy) is 1. The number of nitrogens with two attached hydrogens (primary N) is 1. The van der Waals surface area contributed by atoms with Gasteiger partial charge in [0, 0.05) is 12.1 Å². The van der Waals surface area contributed by atoms with E-state index in [4.69, 9.17) is 15.6 Å². The molecule has 0 aromatic heterocycles. The van der Waals surface area contributed by atoms with E-state index in [0.717, 1.165) is 23.1 Å². The molecule has 3 aromatic rings. The first-order valence-corrected chi connectivity index (χ1v) is 9.95. The molecule has 0 fully saturated rings. The van der Waals surface area contributed by atoms with Gasteiger partial charge >= 0.3 is 0 Å². The van der Waals surface area contributed by atoms with Gasteiger partial charge in [-0.15, -0.1) is 0 Å². The number of amides is 1. The lowest BCUT2D eigenvalue weighted by Crippen LogP contribution is -2.51. The summed E-state index contributed by atoms with van der Waals surface area (Å²) in [5, 5.41) is 21.1. The first-order valence-electron chi connectivity index (χ1n) is 9.95. The third-order valence-corrected chi connectivity index (χ3v) is 4.93. The lowest BCUT2D eigenvalue weighted by Gasteiger charge is -2.20. The lowest BCUT2D eigenvalue weighted by molar-refractivity contribution is -0.121. The number of hydrogen-bond acceptors (Lipinski definition) is 5. The Labute approximate surface area is 181 Å². The van der Waals surface area contributed by atoms with Gasteiger partial charge in [0.05, 0.1) is 24.8 Å². The maximum Gasteiger partial charge on any atom is 0.246 e. The Bertz CT molecular complexity index is 1070. The number of carbonyl (C=O) groups excluding carboxylic acids is 1. The Morgan fingerprint density at radius 3 is 2.42 bits per heavy atom. The fraction of sp³-hybridized carbons (Fsp3) is 0.200. The van der Waals surface area contributed by atoms with Gasteiger partial charge in [-0.2, -0.15) is 5.26 Å². The first-order chi connectivity index (χ1) is 14.9. The molecule has 0 aliphatic heterocycles. The van der Waals surface area contributed by atoms with Crippen molar-refractivity contribution in [2.75, 3.05) is 18.5 Å². The van der Waals surface area contributed by atoms with Crippen LogP contribution in [0.3, 0.4) is 0 Å². The number of nitriles is 1. The van der Waals surface area contributed by atoms with Crippen molar-refractivity contribution in [1.29, 1.82) is 5.26 Å². The number of aliphatic hydroxyl groups excluding tert-OH is 1. The van der Waals surface area contributed by atoms with Crippen molar-refractivity contribution >= 4 is 11.6 Å². The van der Waals surface area contributed by atoms with Gasteiger partial charge in [-0.1, -0.05) is 42.5 Å². The minimum Gasteiger partial charge on any atom is -0.493 e. The van der Waals surface area contributed by atoms with Crippen LogP contribution in [0.5, 0.6) is 5.75 Å². The Kier molecular flexibility index (Phi) is 7.03. The summed E-state index contributed by atoms with van der Waals surface area (Å²) in [6.07, 6.45) is 0.737. The first kappa shape index (κ1) is 22.0. The van der Waals surface area contributed by atoms with Crippen molar-refractivity contribution in [2.24, 2.45) is 5.73 Å². The quantitative estimate of drug-likeness (QED) is 0.522. The van der Waals surface area contributed by atoms with Crippen molar-refractivity contribution < 1.29 is 14.6 Å². The normalized spacial score (nSPS) is 12.5. The van der Waals surface area contributed by atoms with Gasteiger partial charge in [0.25, 0.3) is 0 Å². The smallest absolute Gasteiger partial charge is 0.246 e. The summed E-state index contributed by atoms with van der Waals surface area (Å²) in [7, 11) is 0. The molecule has 1 amide bonds. The van der Waals surface area contributed by atoms with E-state index in [2.05, 4.69) is 11.4 Å². The summed E-state index contributed by atoms with van der Waals surface area (Å²) in [5.74, 6) is 0.236. The van der Waals surface area contributed by atoms with E-state index in [1.54, 1.807) is 24.3 Å². The molecule has 0 aliphatic rings. The van der Waals surface area contributed by atoms with Gasteiger partial charge < -0.3 is 20.9 Å². The van der Waals surface area contributed by atoms with Crippen molar-refractivity contribution in [3.8, 4) is 22.9 Å². The average Bonchev–Trinajstić information content (AvgIpc) is 2.80. The molecule has 0 radical (unpaired) electrons. The zero-order valence-corrected chi connectivity index (χ0v) is 17.3. The van der Waals surface area contributed by atoms with Gasteiger partial charge in [-0.05, 0) is 53.9 Å². The van der Waals surface area contributed by atoms with Gasteiger partial charge in [-0.25, -0.2) is 0 Å². The Balaban J connectivity index is 1.52. The average molecular weight is 415 g/mol. The second-order valence-electron chi connectivity index (χ2n) is 7.51. The molecule has 158 valence electrons. The molecule has 0 saturated carbocycles. The van der Waals surface area contributed by atoms with Crippen LogP contribution in [0.15, 0.2) is 72.8 Å². The van der Waals surface area contributed by atoms with Crippen molar-refractivity contribution in [3.63, 3.8) is 0 Å². The Morgan fingerprint density at radius 1 is 1.10 bits per heavy atom. The van der Waals surface area contributed by atoms with E-state index in [-0.39, 0.29) is 0 Å². The molecule has 0 spiro atoms. The van der Waals surface area contributed by atoms with Crippen molar-refractivity contribution in [3.05, 3.63) is 83.9 Å². The summed E-state index contributed by atoms with van der Waals surface area (Å²) in [4.78, 5) is 12.0. The number of hydrogen-bond donors (Lipinski definition) is 3. The summed E-state index contributed by atoms with van der Waals surface area (Å²) < 4.78 is 5.79. The molecule has 3 aromatic carbocycles. The van der Waals surface area contributed by atoms with Crippen LogP contribution >= 0.6 is 0 Å². The van der Waals surface area contributed by atoms with Crippen molar-refractivity contribution in [1.82, 2.24) is 0 Å². The maximum atomic E-state index is 12.0. The standard InChI is InChI=1S/C25H25N3O3/c1-25(27,17-29)24(30)28-21-10-12-22(13-11-21)31-15-14-18-6-8-19(9-7-18)23-5-3-2-4-20(23)16-26/h2-13,29H,14-15,17,27H2,1H3,(H,28,30)/t25-/m0/s1. The Morgan fingerprint density at radius 2 is 1.77 bits per heavy atom. The molecule has 6 nitrogen and oxygen atoms in total. The third kappa shape index (κ3) is 5.70. The van der Waals surface area contributed by atoms with Crippen LogP contribution in [0.1, 0.15) is 18.1 Å². The van der Waals surface area contributed by atoms with Crippen LogP contribution in [-0.4, -0.2) is 29.8 Å². The summed E-state index contributed by atoms with van der Waals surface area (Å²) in [5.41, 5.74) is 8.69. The molecular formula is C25H25N3O3. The maximum absolute atomic E-state index is 12.0. The highest BCUT2D eigenvalue weighted by Gasteiger charge is 2.27. The van der Waals surface area contributed by atoms with E-state index in [9.17, 15) is 10.1 Å². The zero-order chi connectivity index (χ0) is 22.3. The minimum atomic E-state index is -1.33. The molecular weight excluding hydrogens is 390 g/mol. The van der Waals surface area contributed by atoms with E-state index < -0.39 is 18.1 Å². The highest BCUT2D eigenvalue weighted by molar-refractivity contribution is 5.97. The predicted octanol–water partition coefficient (Wildman–Crippen LogP) is 3.49. The lowest BCUT2D eigenvalue weighted by atomic mass is 9.99. The van der Waals surface area contributed by atoms with E-state index in [1.165, 1.54) is 6.92 Å². The number of nitrogens with zero attached hydrogens (tertiary/aromatic N) is 1. The largest absolute Gasteiger partial charge is 0.493 e. The number of anilines is 1. The molecule has 1 atom stereocenters. The number of rotatable bonds is 8. The van der Waals surface area contributed by atoms with Crippen molar-refractivity contribution in [2.45, 2.75) is 18.9 Å². The Hall–Kier alpha value is -3.66. The van der Waals surface area contributed by atoms with Crippen LogP contribution in [0, 0.1) is 11.3 Å². The molecule has 4 N–H and O–H groups in total. The molecule has 0 bridgehead atoms. The number of benzene rings is 3. The zero-order valence-electron chi connectivity index (χ0n) is 17.3.